The van der Waals surface area contributed by atoms with Gasteiger partial charge in [0.2, 0.25) is 0 Å². The topological polar surface area (TPSA) is 47.6 Å². The predicted octanol–water partition coefficient (Wildman–Crippen LogP) is 2.90. The van der Waals surface area contributed by atoms with Crippen LogP contribution in [-0.4, -0.2) is 25.9 Å². The van der Waals surface area contributed by atoms with Gasteiger partial charge in [-0.25, -0.2) is 0 Å². The predicted molar refractivity (Wildman–Crippen MR) is 86.3 cm³/mol. The highest BCUT2D eigenvalue weighted by Crippen LogP contribution is 2.25. The van der Waals surface area contributed by atoms with Crippen LogP contribution in [0.25, 0.3) is 0 Å². The number of benzene rings is 1. The van der Waals surface area contributed by atoms with Crippen LogP contribution >= 0.6 is 0 Å². The molecule has 1 aromatic rings. The van der Waals surface area contributed by atoms with Gasteiger partial charge in [0.25, 0.3) is 0 Å². The number of methoxy groups -OCH3 is 1. The summed E-state index contributed by atoms with van der Waals surface area (Å²) < 4.78 is 10.8. The Morgan fingerprint density at radius 1 is 1.23 bits per heavy atom. The quantitative estimate of drug-likeness (QED) is 0.850. The van der Waals surface area contributed by atoms with Crippen LogP contribution in [0.15, 0.2) is 24.3 Å². The summed E-state index contributed by atoms with van der Waals surface area (Å²) in [6, 6.07) is 8.46. The molecule has 4 nitrogen and oxygen atoms in total. The summed E-state index contributed by atoms with van der Waals surface area (Å²) in [5, 5.41) is 3.30. The number of hydrogen-bond donors (Lipinski definition) is 1. The molecule has 0 amide bonds. The average Bonchev–Trinajstić information content (AvgIpc) is 2.87. The number of rotatable bonds is 5. The molecule has 1 aliphatic rings. The molecule has 2 rings (SSSR count). The van der Waals surface area contributed by atoms with Crippen LogP contribution in [0.4, 0.5) is 0 Å². The number of carbonyl (C=O) groups is 1. The van der Waals surface area contributed by atoms with E-state index in [0.29, 0.717) is 12.5 Å². The lowest BCUT2D eigenvalue weighted by molar-refractivity contribution is -0.161. The van der Waals surface area contributed by atoms with Gasteiger partial charge in [0.05, 0.1) is 12.0 Å². The molecule has 2 atom stereocenters. The van der Waals surface area contributed by atoms with Crippen molar-refractivity contribution in [2.24, 2.45) is 11.3 Å². The summed E-state index contributed by atoms with van der Waals surface area (Å²) in [4.78, 5) is 12.1. The van der Waals surface area contributed by atoms with Crippen LogP contribution < -0.4 is 5.32 Å². The highest BCUT2D eigenvalue weighted by molar-refractivity contribution is 5.75. The number of esters is 1. The Bertz CT molecular complexity index is 490. The van der Waals surface area contributed by atoms with E-state index in [-0.39, 0.29) is 12.2 Å². The molecule has 1 saturated heterocycles. The second-order valence-electron chi connectivity index (χ2n) is 7.03. The summed E-state index contributed by atoms with van der Waals surface area (Å²) in [6.07, 6.45) is 1.77. The Morgan fingerprint density at radius 2 is 1.86 bits per heavy atom. The van der Waals surface area contributed by atoms with Crippen molar-refractivity contribution in [2.45, 2.75) is 46.4 Å². The van der Waals surface area contributed by atoms with E-state index in [0.717, 1.165) is 19.4 Å². The van der Waals surface area contributed by atoms with Gasteiger partial charge < -0.3 is 9.47 Å². The first-order chi connectivity index (χ1) is 10.4. The van der Waals surface area contributed by atoms with Crippen LogP contribution in [-0.2, 0) is 27.3 Å². The maximum absolute atomic E-state index is 12.1. The molecule has 0 aromatic heterocycles. The fourth-order valence-electron chi connectivity index (χ4n) is 2.61. The molecule has 0 saturated carbocycles. The van der Waals surface area contributed by atoms with Crippen LogP contribution in [0.1, 0.15) is 38.3 Å². The van der Waals surface area contributed by atoms with E-state index in [1.54, 1.807) is 7.11 Å². The number of hydrogen-bond acceptors (Lipinski definition) is 4. The first-order valence-corrected chi connectivity index (χ1v) is 7.91. The molecule has 2 unspecified atom stereocenters. The smallest absolute Gasteiger partial charge is 0.312 e. The minimum atomic E-state index is -0.462. The van der Waals surface area contributed by atoms with Crippen molar-refractivity contribution >= 4 is 5.97 Å². The van der Waals surface area contributed by atoms with E-state index in [9.17, 15) is 4.79 Å². The van der Waals surface area contributed by atoms with Gasteiger partial charge in [0.15, 0.2) is 6.23 Å². The molecule has 1 aliphatic heterocycles. The molecule has 22 heavy (non-hydrogen) atoms. The van der Waals surface area contributed by atoms with Gasteiger partial charge in [-0.2, -0.15) is 0 Å². The molecular weight excluding hydrogens is 278 g/mol. The third-order valence-corrected chi connectivity index (χ3v) is 3.97. The van der Waals surface area contributed by atoms with Gasteiger partial charge in [-0.1, -0.05) is 24.3 Å². The lowest BCUT2D eigenvalue weighted by Gasteiger charge is -2.24. The molecular formula is C18H27NO3. The van der Waals surface area contributed by atoms with Crippen molar-refractivity contribution < 1.29 is 14.3 Å². The molecule has 122 valence electrons. The van der Waals surface area contributed by atoms with Crippen molar-refractivity contribution in [3.05, 3.63) is 35.4 Å². The Morgan fingerprint density at radius 3 is 2.45 bits per heavy atom. The summed E-state index contributed by atoms with van der Waals surface area (Å²) in [7, 11) is 1.70. The zero-order valence-electron chi connectivity index (χ0n) is 14.0. The van der Waals surface area contributed by atoms with Crippen molar-refractivity contribution in [2.75, 3.05) is 13.7 Å². The number of nitrogens with one attached hydrogen (secondary N) is 1. The summed E-state index contributed by atoms with van der Waals surface area (Å²) in [5.74, 6) is 0.187. The Balaban J connectivity index is 1.94. The molecule has 1 aromatic carbocycles. The maximum atomic E-state index is 12.1. The maximum Gasteiger partial charge on any atom is 0.312 e. The van der Waals surface area contributed by atoms with E-state index in [1.165, 1.54) is 11.1 Å². The van der Waals surface area contributed by atoms with E-state index < -0.39 is 5.41 Å². The number of ether oxygens (including phenoxy) is 2. The van der Waals surface area contributed by atoms with Gasteiger partial charge in [-0.05, 0) is 51.3 Å². The largest absolute Gasteiger partial charge is 0.446 e. The van der Waals surface area contributed by atoms with Gasteiger partial charge in [-0.3, -0.25) is 10.1 Å². The van der Waals surface area contributed by atoms with Crippen LogP contribution in [0.2, 0.25) is 0 Å². The third-order valence-electron chi connectivity index (χ3n) is 3.97. The Kier molecular flexibility index (Phi) is 5.59. The lowest BCUT2D eigenvalue weighted by Crippen LogP contribution is -2.37. The van der Waals surface area contributed by atoms with Crippen molar-refractivity contribution in [1.82, 2.24) is 5.32 Å². The van der Waals surface area contributed by atoms with Crippen LogP contribution in [0.3, 0.4) is 0 Å². The molecule has 0 radical (unpaired) electrons. The first-order valence-electron chi connectivity index (χ1n) is 7.91. The Hall–Kier alpha value is -1.39. The highest BCUT2D eigenvalue weighted by atomic mass is 16.6. The van der Waals surface area contributed by atoms with Crippen molar-refractivity contribution in [3.8, 4) is 0 Å². The van der Waals surface area contributed by atoms with Crippen molar-refractivity contribution in [1.29, 1.82) is 0 Å². The number of carbonyl (C=O) groups excluding carboxylic acids is 1. The van der Waals surface area contributed by atoms with E-state index >= 15 is 0 Å². The summed E-state index contributed by atoms with van der Waals surface area (Å²) in [5.41, 5.74) is 1.98. The average molecular weight is 305 g/mol. The van der Waals surface area contributed by atoms with Crippen LogP contribution in [0, 0.1) is 11.3 Å². The molecule has 1 N–H and O–H groups in total. The molecule has 1 fully saturated rings. The van der Waals surface area contributed by atoms with Crippen molar-refractivity contribution in [3.63, 3.8) is 0 Å². The monoisotopic (exact) mass is 305 g/mol. The molecule has 0 bridgehead atoms. The fourth-order valence-corrected chi connectivity index (χ4v) is 2.61. The van der Waals surface area contributed by atoms with E-state index in [1.807, 2.05) is 20.8 Å². The molecule has 4 heteroatoms. The normalized spacial score (nSPS) is 21.8. The highest BCUT2D eigenvalue weighted by Gasteiger charge is 2.33. The van der Waals surface area contributed by atoms with E-state index in [2.05, 4.69) is 29.6 Å². The minimum absolute atomic E-state index is 0.146. The van der Waals surface area contributed by atoms with Gasteiger partial charge in [0.1, 0.15) is 0 Å². The van der Waals surface area contributed by atoms with Crippen LogP contribution in [0.5, 0.6) is 0 Å². The molecule has 0 aliphatic carbocycles. The first kappa shape index (κ1) is 17.0. The third kappa shape index (κ3) is 4.55. The zero-order chi connectivity index (χ0) is 16.2. The minimum Gasteiger partial charge on any atom is -0.446 e. The second-order valence-corrected chi connectivity index (χ2v) is 7.03. The Labute approximate surface area is 133 Å². The van der Waals surface area contributed by atoms with Gasteiger partial charge >= 0.3 is 5.97 Å². The summed E-state index contributed by atoms with van der Waals surface area (Å²) in [6.45, 7) is 7.18. The lowest BCUT2D eigenvalue weighted by atomic mass is 9.95. The second kappa shape index (κ2) is 7.25. The summed E-state index contributed by atoms with van der Waals surface area (Å²) >= 11 is 0. The SMILES string of the molecule is COCc1ccc(CC2CCNC2OC(=O)C(C)(C)C)cc1. The molecule has 1 heterocycles. The standard InChI is InChI=1S/C18H27NO3/c1-18(2,3)17(20)22-16-15(9-10-19-16)11-13-5-7-14(8-6-13)12-21-4/h5-8,15-16,19H,9-12H2,1-4H3. The fraction of sp³-hybridized carbons (Fsp3) is 0.611. The van der Waals surface area contributed by atoms with Gasteiger partial charge in [0, 0.05) is 13.0 Å². The van der Waals surface area contributed by atoms with E-state index in [4.69, 9.17) is 9.47 Å². The zero-order valence-corrected chi connectivity index (χ0v) is 14.0. The van der Waals surface area contributed by atoms with Gasteiger partial charge in [-0.15, -0.1) is 0 Å². The molecule has 0 spiro atoms.